The molecule has 0 saturated heterocycles. The minimum absolute atomic E-state index is 0.0382. The predicted molar refractivity (Wildman–Crippen MR) is 120 cm³/mol. The highest BCUT2D eigenvalue weighted by molar-refractivity contribution is 6.09. The Labute approximate surface area is 184 Å². The van der Waals surface area contributed by atoms with Gasteiger partial charge in [0.1, 0.15) is 17.8 Å². The zero-order valence-corrected chi connectivity index (χ0v) is 19.1. The van der Waals surface area contributed by atoms with Gasteiger partial charge < -0.3 is 9.47 Å². The number of rotatable bonds is 4. The highest BCUT2D eigenvalue weighted by Gasteiger charge is 2.47. The lowest BCUT2D eigenvalue weighted by atomic mass is 9.66. The van der Waals surface area contributed by atoms with Crippen molar-refractivity contribution in [3.05, 3.63) is 41.1 Å². The summed E-state index contributed by atoms with van der Waals surface area (Å²) < 4.78 is 11.6. The maximum absolute atomic E-state index is 13.5. The molecule has 1 fully saturated rings. The number of methoxy groups -OCH3 is 1. The van der Waals surface area contributed by atoms with Crippen molar-refractivity contribution in [3.8, 4) is 5.75 Å². The molecule has 1 aromatic carbocycles. The van der Waals surface area contributed by atoms with Crippen LogP contribution in [0.1, 0.15) is 77.2 Å². The van der Waals surface area contributed by atoms with Crippen molar-refractivity contribution in [2.45, 2.75) is 77.7 Å². The molecule has 31 heavy (non-hydrogen) atoms. The zero-order valence-electron chi connectivity index (χ0n) is 19.1. The van der Waals surface area contributed by atoms with E-state index in [0.717, 1.165) is 49.1 Å². The maximum Gasteiger partial charge on any atom is 0.315 e. The van der Waals surface area contributed by atoms with E-state index in [9.17, 15) is 9.59 Å². The van der Waals surface area contributed by atoms with Gasteiger partial charge in [-0.3, -0.25) is 14.6 Å². The number of aliphatic imine (C=N–C) groups is 1. The molecule has 4 rings (SSSR count). The molecule has 1 heterocycles. The molecule has 0 bridgehead atoms. The van der Waals surface area contributed by atoms with Crippen LogP contribution >= 0.6 is 0 Å². The lowest BCUT2D eigenvalue weighted by Crippen LogP contribution is -2.40. The summed E-state index contributed by atoms with van der Waals surface area (Å²) in [4.78, 5) is 31.7. The molecule has 1 aliphatic heterocycles. The van der Waals surface area contributed by atoms with Gasteiger partial charge in [0, 0.05) is 34.9 Å². The molecule has 3 aliphatic rings. The van der Waals surface area contributed by atoms with Gasteiger partial charge >= 0.3 is 5.97 Å². The van der Waals surface area contributed by atoms with E-state index < -0.39 is 11.8 Å². The third kappa shape index (κ3) is 4.32. The van der Waals surface area contributed by atoms with Crippen molar-refractivity contribution < 1.29 is 19.1 Å². The fourth-order valence-electron chi connectivity index (χ4n) is 5.43. The van der Waals surface area contributed by atoms with Crippen LogP contribution in [0.15, 0.2) is 40.5 Å². The van der Waals surface area contributed by atoms with Gasteiger partial charge in [0.25, 0.3) is 0 Å². The van der Waals surface area contributed by atoms with Crippen LogP contribution in [-0.4, -0.2) is 30.7 Å². The summed E-state index contributed by atoms with van der Waals surface area (Å²) in [7, 11) is 1.62. The molecule has 0 spiro atoms. The van der Waals surface area contributed by atoms with Gasteiger partial charge in [0.2, 0.25) is 0 Å². The Balaban J connectivity index is 1.78. The minimum atomic E-state index is -0.609. The number of nitrogens with zero attached hydrogens (tertiary/aromatic N) is 1. The van der Waals surface area contributed by atoms with Crippen molar-refractivity contribution in [2.75, 3.05) is 7.11 Å². The molecule has 166 valence electrons. The molecule has 2 atom stereocenters. The van der Waals surface area contributed by atoms with Gasteiger partial charge in [-0.25, -0.2) is 0 Å². The van der Waals surface area contributed by atoms with Crippen LogP contribution in [0.3, 0.4) is 0 Å². The van der Waals surface area contributed by atoms with Crippen LogP contribution in [0.4, 0.5) is 0 Å². The van der Waals surface area contributed by atoms with Crippen molar-refractivity contribution in [2.24, 2.45) is 16.3 Å². The number of ether oxygens (including phenoxy) is 2. The smallest absolute Gasteiger partial charge is 0.315 e. The number of ketones is 1. The summed E-state index contributed by atoms with van der Waals surface area (Å²) in [6.07, 6.45) is 6.34. The van der Waals surface area contributed by atoms with E-state index in [2.05, 4.69) is 13.8 Å². The van der Waals surface area contributed by atoms with Gasteiger partial charge in [0.05, 0.1) is 7.11 Å². The Morgan fingerprint density at radius 2 is 1.81 bits per heavy atom. The molecule has 1 unspecified atom stereocenters. The molecule has 0 N–H and O–H groups in total. The number of Topliss-reactive ketones (excluding diaryl/α,β-unsaturated/α-hetero) is 1. The Morgan fingerprint density at radius 3 is 2.52 bits per heavy atom. The molecular weight excluding hydrogens is 390 g/mol. The zero-order chi connectivity index (χ0) is 22.2. The molecule has 1 saturated carbocycles. The first kappa shape index (κ1) is 21.8. The van der Waals surface area contributed by atoms with Crippen LogP contribution in [0.5, 0.6) is 5.75 Å². The van der Waals surface area contributed by atoms with Crippen LogP contribution in [0, 0.1) is 11.3 Å². The topological polar surface area (TPSA) is 65.0 Å². The van der Waals surface area contributed by atoms with Gasteiger partial charge in [0.15, 0.2) is 5.78 Å². The number of hydrogen-bond donors (Lipinski definition) is 0. The standard InChI is InChI=1S/C26H33NO4/c1-16-22(25(29)31-17-10-6-5-7-11-17)23(18-12-8-9-13-21(18)30-4)24-19(27-16)14-26(2,3)15-20(24)28/h8-9,12-13,17,22-23H,5-7,10-11,14-15H2,1-4H3/t22?,23-/m1/s1. The first-order valence-electron chi connectivity index (χ1n) is 11.5. The van der Waals surface area contributed by atoms with Gasteiger partial charge in [-0.05, 0) is 50.5 Å². The second-order valence-electron chi connectivity index (χ2n) is 9.95. The van der Waals surface area contributed by atoms with Gasteiger partial charge in [-0.2, -0.15) is 0 Å². The molecular formula is C26H33NO4. The van der Waals surface area contributed by atoms with Crippen molar-refractivity contribution in [1.82, 2.24) is 0 Å². The third-order valence-electron chi connectivity index (χ3n) is 6.87. The number of para-hydroxylation sites is 1. The van der Waals surface area contributed by atoms with E-state index >= 15 is 0 Å². The van der Waals surface area contributed by atoms with Gasteiger partial charge in [-0.15, -0.1) is 0 Å². The lowest BCUT2D eigenvalue weighted by Gasteiger charge is -2.39. The second kappa shape index (κ2) is 8.60. The number of hydrogen-bond acceptors (Lipinski definition) is 5. The van der Waals surface area contributed by atoms with Crippen molar-refractivity contribution >= 4 is 17.5 Å². The van der Waals surface area contributed by atoms with Crippen LogP contribution in [-0.2, 0) is 14.3 Å². The van der Waals surface area contributed by atoms with Crippen molar-refractivity contribution in [3.63, 3.8) is 0 Å². The summed E-state index contributed by atoms with van der Waals surface area (Å²) in [6, 6.07) is 7.68. The van der Waals surface area contributed by atoms with E-state index in [1.165, 1.54) is 6.42 Å². The number of allylic oxidation sites excluding steroid dienone is 2. The molecule has 0 amide bonds. The highest BCUT2D eigenvalue weighted by Crippen LogP contribution is 2.49. The fraction of sp³-hybridized carbons (Fsp3) is 0.577. The van der Waals surface area contributed by atoms with E-state index in [4.69, 9.17) is 14.5 Å². The number of benzene rings is 1. The normalized spacial score (nSPS) is 26.2. The Kier molecular flexibility index (Phi) is 6.05. The highest BCUT2D eigenvalue weighted by atomic mass is 16.5. The SMILES string of the molecule is COc1ccccc1[C@H]1C2=C(CC(C)(C)CC2=O)N=C(C)C1C(=O)OC1CCCCC1. The Morgan fingerprint density at radius 1 is 1.10 bits per heavy atom. The number of carbonyl (C=O) groups excluding carboxylic acids is 2. The van der Waals surface area contributed by atoms with E-state index in [1.807, 2.05) is 31.2 Å². The number of carbonyl (C=O) groups is 2. The molecule has 1 aromatic rings. The summed E-state index contributed by atoms with van der Waals surface area (Å²) in [5, 5.41) is 0. The Hall–Kier alpha value is -2.43. The van der Waals surface area contributed by atoms with E-state index in [-0.39, 0.29) is 23.3 Å². The molecule has 5 nitrogen and oxygen atoms in total. The molecule has 5 heteroatoms. The van der Waals surface area contributed by atoms with Crippen molar-refractivity contribution in [1.29, 1.82) is 0 Å². The quantitative estimate of drug-likeness (QED) is 0.609. The molecule has 2 aliphatic carbocycles. The largest absolute Gasteiger partial charge is 0.496 e. The molecule has 0 radical (unpaired) electrons. The summed E-state index contributed by atoms with van der Waals surface area (Å²) >= 11 is 0. The monoisotopic (exact) mass is 423 g/mol. The average Bonchev–Trinajstić information content (AvgIpc) is 2.72. The number of esters is 1. The predicted octanol–water partition coefficient (Wildman–Crippen LogP) is 5.39. The van der Waals surface area contributed by atoms with E-state index in [1.54, 1.807) is 7.11 Å². The van der Waals surface area contributed by atoms with Crippen LogP contribution in [0.2, 0.25) is 0 Å². The van der Waals surface area contributed by atoms with Crippen LogP contribution in [0.25, 0.3) is 0 Å². The minimum Gasteiger partial charge on any atom is -0.496 e. The summed E-state index contributed by atoms with van der Waals surface area (Å²) in [5.74, 6) is -0.547. The van der Waals surface area contributed by atoms with E-state index in [0.29, 0.717) is 17.7 Å². The first-order chi connectivity index (χ1) is 14.8. The average molecular weight is 424 g/mol. The second-order valence-corrected chi connectivity index (χ2v) is 9.95. The van der Waals surface area contributed by atoms with Crippen LogP contribution < -0.4 is 4.74 Å². The fourth-order valence-corrected chi connectivity index (χ4v) is 5.43. The summed E-state index contributed by atoms with van der Waals surface area (Å²) in [5.41, 5.74) is 2.92. The Bertz CT molecular complexity index is 936. The summed E-state index contributed by atoms with van der Waals surface area (Å²) in [6.45, 7) is 6.09. The third-order valence-corrected chi connectivity index (χ3v) is 6.87. The maximum atomic E-state index is 13.5. The molecule has 0 aromatic heterocycles. The van der Waals surface area contributed by atoms with Gasteiger partial charge in [-0.1, -0.05) is 38.5 Å². The first-order valence-corrected chi connectivity index (χ1v) is 11.5. The lowest BCUT2D eigenvalue weighted by molar-refractivity contribution is -0.153.